The van der Waals surface area contributed by atoms with Crippen molar-refractivity contribution >= 4 is 15.9 Å². The summed E-state index contributed by atoms with van der Waals surface area (Å²) < 4.78 is 4.03. The third kappa shape index (κ3) is 4.36. The van der Waals surface area contributed by atoms with Crippen LogP contribution in [0.5, 0.6) is 0 Å². The van der Waals surface area contributed by atoms with Gasteiger partial charge in [-0.1, -0.05) is 52.4 Å². The molecule has 0 saturated carbocycles. The molecule has 0 bridgehead atoms. The van der Waals surface area contributed by atoms with E-state index in [0.717, 1.165) is 23.7 Å². The first-order valence-electron chi connectivity index (χ1n) is 7.68. The van der Waals surface area contributed by atoms with E-state index in [9.17, 15) is 14.4 Å². The van der Waals surface area contributed by atoms with Crippen LogP contribution >= 0.6 is 15.9 Å². The van der Waals surface area contributed by atoms with Crippen LogP contribution in [0.15, 0.2) is 67.4 Å². The van der Waals surface area contributed by atoms with Crippen LogP contribution in [0.1, 0.15) is 19.4 Å². The first-order chi connectivity index (χ1) is 11.7. The van der Waals surface area contributed by atoms with Crippen LogP contribution in [0.2, 0.25) is 0 Å². The van der Waals surface area contributed by atoms with Crippen molar-refractivity contribution in [2.24, 2.45) is 0 Å². The molecule has 0 amide bonds. The Balaban J connectivity index is 2.68. The summed E-state index contributed by atoms with van der Waals surface area (Å²) in [5.74, 6) is 0. The lowest BCUT2D eigenvalue weighted by atomic mass is 10.2. The van der Waals surface area contributed by atoms with E-state index in [2.05, 4.69) is 29.1 Å². The molecule has 0 unspecified atom stereocenters. The van der Waals surface area contributed by atoms with Crippen LogP contribution in [0.3, 0.4) is 0 Å². The molecule has 25 heavy (non-hydrogen) atoms. The maximum Gasteiger partial charge on any atom is 0.336 e. The summed E-state index contributed by atoms with van der Waals surface area (Å²) in [6.45, 7) is 11.2. The molecule has 0 atom stereocenters. The highest BCUT2D eigenvalue weighted by atomic mass is 79.9. The third-order valence-corrected chi connectivity index (χ3v) is 4.02. The molecule has 1 heterocycles. The number of hydrogen-bond donors (Lipinski definition) is 0. The smallest absolute Gasteiger partial charge is 0.247 e. The fraction of sp³-hybridized carbons (Fsp3) is 0.278. The van der Waals surface area contributed by atoms with Gasteiger partial charge in [0.05, 0.1) is 19.6 Å². The summed E-state index contributed by atoms with van der Waals surface area (Å²) in [5, 5.41) is 0. The Kier molecular flexibility index (Phi) is 5.79. The average Bonchev–Trinajstić information content (AvgIpc) is 2.54. The second-order valence-corrected chi connectivity index (χ2v) is 7.06. The normalized spacial score (nSPS) is 10.7. The highest BCUT2D eigenvalue weighted by Gasteiger charge is 2.15. The zero-order valence-electron chi connectivity index (χ0n) is 14.3. The number of rotatable bonds is 6. The number of hydrogen-bond acceptors (Lipinski definition) is 3. The molecule has 0 spiro atoms. The highest BCUT2D eigenvalue weighted by molar-refractivity contribution is 9.10. The fourth-order valence-electron chi connectivity index (χ4n) is 2.40. The molecule has 1 aromatic heterocycles. The topological polar surface area (TPSA) is 66.0 Å². The molecule has 132 valence electrons. The Morgan fingerprint density at radius 3 is 1.64 bits per heavy atom. The van der Waals surface area contributed by atoms with E-state index in [4.69, 9.17) is 0 Å². The van der Waals surface area contributed by atoms with Crippen LogP contribution in [0.25, 0.3) is 0 Å². The number of halogens is 1. The maximum absolute atomic E-state index is 12.7. The molecular formula is C18H20BrN3O3. The van der Waals surface area contributed by atoms with Crippen molar-refractivity contribution in [3.8, 4) is 0 Å². The van der Waals surface area contributed by atoms with Gasteiger partial charge in [0.1, 0.15) is 0 Å². The molecular weight excluding hydrogens is 386 g/mol. The maximum atomic E-state index is 12.7. The van der Waals surface area contributed by atoms with E-state index in [1.54, 1.807) is 13.8 Å². The van der Waals surface area contributed by atoms with Gasteiger partial charge in [-0.2, -0.15) is 0 Å². The minimum Gasteiger partial charge on any atom is -0.247 e. The molecule has 0 aliphatic carbocycles. The lowest BCUT2D eigenvalue weighted by Crippen LogP contribution is -2.54. The first kappa shape index (κ1) is 18.9. The Morgan fingerprint density at radius 1 is 0.840 bits per heavy atom. The molecule has 7 heteroatoms. The van der Waals surface area contributed by atoms with Crippen LogP contribution < -0.4 is 17.1 Å². The van der Waals surface area contributed by atoms with E-state index in [1.807, 2.05) is 24.3 Å². The lowest BCUT2D eigenvalue weighted by molar-refractivity contribution is 0.488. The Hall–Kier alpha value is -2.41. The van der Waals surface area contributed by atoms with Crippen molar-refractivity contribution in [2.75, 3.05) is 0 Å². The average molecular weight is 406 g/mol. The van der Waals surface area contributed by atoms with Gasteiger partial charge < -0.3 is 0 Å². The standard InChI is InChI=1S/C18H20BrN3O3/c1-12(2)9-20-16(23)21(10-13(3)4)18(25)22(17(20)24)11-14-5-7-15(19)8-6-14/h5-8H,1,3,9-11H2,2,4H3. The third-order valence-electron chi connectivity index (χ3n) is 3.50. The number of aromatic nitrogens is 3. The van der Waals surface area contributed by atoms with E-state index in [-0.39, 0.29) is 19.6 Å². The van der Waals surface area contributed by atoms with Crippen LogP contribution in [-0.2, 0) is 19.6 Å². The molecule has 0 radical (unpaired) electrons. The van der Waals surface area contributed by atoms with Gasteiger partial charge in [0.15, 0.2) is 0 Å². The monoisotopic (exact) mass is 405 g/mol. The zero-order chi connectivity index (χ0) is 18.7. The van der Waals surface area contributed by atoms with Crippen molar-refractivity contribution in [3.05, 3.63) is 90.1 Å². The van der Waals surface area contributed by atoms with Gasteiger partial charge in [0.25, 0.3) is 0 Å². The lowest BCUT2D eigenvalue weighted by Gasteiger charge is -2.14. The zero-order valence-corrected chi connectivity index (χ0v) is 15.9. The number of nitrogens with zero attached hydrogens (tertiary/aromatic N) is 3. The predicted octanol–water partition coefficient (Wildman–Crippen LogP) is 2.13. The minimum absolute atomic E-state index is 0.0640. The van der Waals surface area contributed by atoms with Gasteiger partial charge in [-0.3, -0.25) is 0 Å². The van der Waals surface area contributed by atoms with Crippen LogP contribution in [0, 0.1) is 0 Å². The van der Waals surface area contributed by atoms with Crippen LogP contribution in [-0.4, -0.2) is 13.7 Å². The molecule has 1 aromatic carbocycles. The Bertz CT molecular complexity index is 940. The van der Waals surface area contributed by atoms with Crippen molar-refractivity contribution < 1.29 is 0 Å². The van der Waals surface area contributed by atoms with Crippen molar-refractivity contribution in [2.45, 2.75) is 33.5 Å². The summed E-state index contributed by atoms with van der Waals surface area (Å²) in [4.78, 5) is 37.9. The summed E-state index contributed by atoms with van der Waals surface area (Å²) in [5.41, 5.74) is 0.153. The molecule has 0 aliphatic rings. The van der Waals surface area contributed by atoms with Gasteiger partial charge in [-0.25, -0.2) is 28.1 Å². The molecule has 2 rings (SSSR count). The number of allylic oxidation sites excluding steroid dienone is 2. The molecule has 0 saturated heterocycles. The summed E-state index contributed by atoms with van der Waals surface area (Å²) in [6.07, 6.45) is 0. The van der Waals surface area contributed by atoms with Crippen molar-refractivity contribution in [1.82, 2.24) is 13.7 Å². The largest absolute Gasteiger partial charge is 0.336 e. The van der Waals surface area contributed by atoms with Crippen molar-refractivity contribution in [3.63, 3.8) is 0 Å². The van der Waals surface area contributed by atoms with Gasteiger partial charge in [-0.05, 0) is 31.5 Å². The SMILES string of the molecule is C=C(C)Cn1c(=O)n(CC(=C)C)c(=O)n(Cc2ccc(Br)cc2)c1=O. The fourth-order valence-corrected chi connectivity index (χ4v) is 2.66. The molecule has 6 nitrogen and oxygen atoms in total. The van der Waals surface area contributed by atoms with Gasteiger partial charge in [0.2, 0.25) is 0 Å². The molecule has 2 aromatic rings. The summed E-state index contributed by atoms with van der Waals surface area (Å²) >= 11 is 3.35. The summed E-state index contributed by atoms with van der Waals surface area (Å²) in [7, 11) is 0. The minimum atomic E-state index is -0.645. The van der Waals surface area contributed by atoms with Crippen molar-refractivity contribution in [1.29, 1.82) is 0 Å². The van der Waals surface area contributed by atoms with Gasteiger partial charge in [0, 0.05) is 4.47 Å². The quantitative estimate of drug-likeness (QED) is 0.691. The Morgan fingerprint density at radius 2 is 1.24 bits per heavy atom. The van der Waals surface area contributed by atoms with E-state index in [1.165, 1.54) is 0 Å². The van der Waals surface area contributed by atoms with E-state index in [0.29, 0.717) is 11.1 Å². The molecule has 0 N–H and O–H groups in total. The van der Waals surface area contributed by atoms with Gasteiger partial charge >= 0.3 is 17.1 Å². The summed E-state index contributed by atoms with van der Waals surface area (Å²) in [6, 6.07) is 7.29. The van der Waals surface area contributed by atoms with E-state index >= 15 is 0 Å². The molecule has 0 fully saturated rings. The van der Waals surface area contributed by atoms with Gasteiger partial charge in [-0.15, -0.1) is 0 Å². The second kappa shape index (κ2) is 7.65. The highest BCUT2D eigenvalue weighted by Crippen LogP contribution is 2.10. The first-order valence-corrected chi connectivity index (χ1v) is 8.47. The molecule has 0 aliphatic heterocycles. The van der Waals surface area contributed by atoms with Crippen LogP contribution in [0.4, 0.5) is 0 Å². The predicted molar refractivity (Wildman–Crippen MR) is 102 cm³/mol. The number of benzene rings is 1. The van der Waals surface area contributed by atoms with E-state index < -0.39 is 17.1 Å². The Labute approximate surface area is 153 Å². The second-order valence-electron chi connectivity index (χ2n) is 6.15.